The first kappa shape index (κ1) is 18.6. The number of rotatable bonds is 4. The molecule has 2 aromatic carbocycles. The van der Waals surface area contributed by atoms with Gasteiger partial charge in [-0.25, -0.2) is 0 Å². The number of nitrogens with zero attached hydrogens (tertiary/aromatic N) is 1. The molecule has 5 heteroatoms. The van der Waals surface area contributed by atoms with Gasteiger partial charge in [-0.3, -0.25) is 9.59 Å². The highest BCUT2D eigenvalue weighted by Gasteiger charge is 2.34. The maximum Gasteiger partial charge on any atom is 0.254 e. The average molecular weight is 415 g/mol. The molecule has 2 aromatic rings. The third-order valence-electron chi connectivity index (χ3n) is 4.58. The Hall–Kier alpha value is -2.14. The van der Waals surface area contributed by atoms with Gasteiger partial charge in [0.25, 0.3) is 5.91 Å². The molecule has 1 N–H and O–H groups in total. The summed E-state index contributed by atoms with van der Waals surface area (Å²) in [6.07, 6.45) is 0.619. The third kappa shape index (κ3) is 3.83. The molecule has 1 atom stereocenters. The van der Waals surface area contributed by atoms with Gasteiger partial charge in [-0.2, -0.15) is 0 Å². The van der Waals surface area contributed by atoms with Crippen LogP contribution in [0.5, 0.6) is 0 Å². The zero-order chi connectivity index (χ0) is 18.8. The monoisotopic (exact) mass is 414 g/mol. The molecule has 1 heterocycles. The molecule has 3 rings (SSSR count). The summed E-state index contributed by atoms with van der Waals surface area (Å²) in [7, 11) is 0. The number of hydrogen-bond donors (Lipinski definition) is 1. The summed E-state index contributed by atoms with van der Waals surface area (Å²) >= 11 is 3.44. The molecule has 1 aliphatic rings. The van der Waals surface area contributed by atoms with Crippen LogP contribution in [0.25, 0.3) is 0 Å². The highest BCUT2D eigenvalue weighted by molar-refractivity contribution is 9.10. The van der Waals surface area contributed by atoms with Gasteiger partial charge in [0, 0.05) is 4.47 Å². The Morgan fingerprint density at radius 1 is 1.12 bits per heavy atom. The predicted octanol–water partition coefficient (Wildman–Crippen LogP) is 4.45. The van der Waals surface area contributed by atoms with E-state index in [1.54, 1.807) is 11.0 Å². The number of carbonyl (C=O) groups excluding carboxylic acids is 2. The van der Waals surface area contributed by atoms with Gasteiger partial charge in [0.1, 0.15) is 6.04 Å². The number of halogens is 1. The molecule has 2 amide bonds. The van der Waals surface area contributed by atoms with Crippen molar-refractivity contribution in [2.45, 2.75) is 39.8 Å². The molecule has 0 aromatic heterocycles. The number of carbonyl (C=O) groups is 2. The summed E-state index contributed by atoms with van der Waals surface area (Å²) < 4.78 is 0.995. The molecule has 0 saturated carbocycles. The summed E-state index contributed by atoms with van der Waals surface area (Å²) in [5.74, 6) is 0.0742. The molecule has 0 saturated heterocycles. The highest BCUT2D eigenvalue weighted by Crippen LogP contribution is 2.31. The normalized spacial score (nSPS) is 17.1. The number of anilines is 1. The van der Waals surface area contributed by atoms with Crippen molar-refractivity contribution in [3.05, 3.63) is 63.6 Å². The van der Waals surface area contributed by atoms with Crippen molar-refractivity contribution in [1.82, 2.24) is 5.32 Å². The molecule has 1 aliphatic heterocycles. The van der Waals surface area contributed by atoms with Crippen LogP contribution in [0.4, 0.5) is 5.69 Å². The van der Waals surface area contributed by atoms with E-state index in [1.165, 1.54) is 0 Å². The quantitative estimate of drug-likeness (QED) is 0.802. The maximum absolute atomic E-state index is 13.3. The van der Waals surface area contributed by atoms with Crippen molar-refractivity contribution in [3.63, 3.8) is 0 Å². The van der Waals surface area contributed by atoms with Gasteiger partial charge in [-0.05, 0) is 48.6 Å². The Labute approximate surface area is 162 Å². The van der Waals surface area contributed by atoms with Crippen LogP contribution in [0.2, 0.25) is 0 Å². The standard InChI is InChI=1S/C21H23BrN2O2/c1-13(2)11-18-21(26)24(12-15-7-9-16(22)10-8-15)19-14(3)5-4-6-17(19)20(25)23-18/h4-10,13,18H,11-12H2,1-3H3,(H,23,25)/t18-/m0/s1. The van der Waals surface area contributed by atoms with Gasteiger partial charge < -0.3 is 10.2 Å². The first-order valence-electron chi connectivity index (χ1n) is 8.83. The van der Waals surface area contributed by atoms with Crippen LogP contribution in [0.15, 0.2) is 46.9 Å². The van der Waals surface area contributed by atoms with E-state index >= 15 is 0 Å². The Balaban J connectivity index is 2.06. The Bertz CT molecular complexity index is 830. The van der Waals surface area contributed by atoms with Gasteiger partial charge in [0.2, 0.25) is 5.91 Å². The first-order valence-corrected chi connectivity index (χ1v) is 9.62. The molecule has 26 heavy (non-hydrogen) atoms. The molecule has 136 valence electrons. The lowest BCUT2D eigenvalue weighted by molar-refractivity contribution is -0.120. The van der Waals surface area contributed by atoms with Gasteiger partial charge in [-0.15, -0.1) is 0 Å². The van der Waals surface area contributed by atoms with Crippen LogP contribution in [-0.4, -0.2) is 17.9 Å². The number of hydrogen-bond acceptors (Lipinski definition) is 2. The Morgan fingerprint density at radius 2 is 1.81 bits per heavy atom. The number of benzene rings is 2. The topological polar surface area (TPSA) is 49.4 Å². The first-order chi connectivity index (χ1) is 12.4. The van der Waals surface area contributed by atoms with E-state index < -0.39 is 6.04 Å². The van der Waals surface area contributed by atoms with Crippen molar-refractivity contribution in [2.24, 2.45) is 5.92 Å². The van der Waals surface area contributed by atoms with Crippen molar-refractivity contribution in [2.75, 3.05) is 4.90 Å². The van der Waals surface area contributed by atoms with Crippen molar-refractivity contribution in [1.29, 1.82) is 0 Å². The van der Waals surface area contributed by atoms with Crippen molar-refractivity contribution in [3.8, 4) is 0 Å². The van der Waals surface area contributed by atoms with Crippen LogP contribution in [0, 0.1) is 12.8 Å². The molecule has 0 aliphatic carbocycles. The smallest absolute Gasteiger partial charge is 0.254 e. The second-order valence-corrected chi connectivity index (χ2v) is 8.09. The number of aryl methyl sites for hydroxylation is 1. The van der Waals surface area contributed by atoms with E-state index in [-0.39, 0.29) is 11.8 Å². The predicted molar refractivity (Wildman–Crippen MR) is 107 cm³/mol. The van der Waals surface area contributed by atoms with Gasteiger partial charge in [0.15, 0.2) is 0 Å². The van der Waals surface area contributed by atoms with E-state index in [9.17, 15) is 9.59 Å². The lowest BCUT2D eigenvalue weighted by atomic mass is 10.0. The van der Waals surface area contributed by atoms with Gasteiger partial charge in [-0.1, -0.05) is 54.0 Å². The van der Waals surface area contributed by atoms with Crippen LogP contribution in [0.3, 0.4) is 0 Å². The van der Waals surface area contributed by atoms with Crippen molar-refractivity contribution < 1.29 is 9.59 Å². The second kappa shape index (κ2) is 7.62. The van der Waals surface area contributed by atoms with Crippen LogP contribution in [0.1, 0.15) is 41.8 Å². The SMILES string of the molecule is Cc1cccc2c1N(Cc1ccc(Br)cc1)C(=O)[C@H](CC(C)C)NC2=O. The fraction of sp³-hybridized carbons (Fsp3) is 0.333. The van der Waals surface area contributed by atoms with Crippen LogP contribution in [-0.2, 0) is 11.3 Å². The number of fused-ring (bicyclic) bond motifs is 1. The lowest BCUT2D eigenvalue weighted by Gasteiger charge is -2.27. The molecular weight excluding hydrogens is 392 g/mol. The summed E-state index contributed by atoms with van der Waals surface area (Å²) in [4.78, 5) is 27.8. The Kier molecular flexibility index (Phi) is 5.47. The molecule has 0 spiro atoms. The molecule has 0 unspecified atom stereocenters. The fourth-order valence-electron chi connectivity index (χ4n) is 3.36. The molecule has 0 bridgehead atoms. The van der Waals surface area contributed by atoms with E-state index in [0.717, 1.165) is 15.6 Å². The summed E-state index contributed by atoms with van der Waals surface area (Å²) in [6, 6.07) is 13.0. The lowest BCUT2D eigenvalue weighted by Crippen LogP contribution is -2.46. The summed E-state index contributed by atoms with van der Waals surface area (Å²) in [6.45, 7) is 6.49. The van der Waals surface area contributed by atoms with E-state index in [2.05, 4.69) is 35.1 Å². The fourth-order valence-corrected chi connectivity index (χ4v) is 3.62. The number of amides is 2. The largest absolute Gasteiger partial charge is 0.340 e. The zero-order valence-electron chi connectivity index (χ0n) is 15.3. The van der Waals surface area contributed by atoms with E-state index in [4.69, 9.17) is 0 Å². The molecule has 0 fully saturated rings. The zero-order valence-corrected chi connectivity index (χ0v) is 16.8. The maximum atomic E-state index is 13.3. The number of nitrogens with one attached hydrogen (secondary N) is 1. The molecule has 4 nitrogen and oxygen atoms in total. The summed E-state index contributed by atoms with van der Waals surface area (Å²) in [5.41, 5.74) is 3.22. The minimum absolute atomic E-state index is 0.0528. The summed E-state index contributed by atoms with van der Waals surface area (Å²) in [5, 5.41) is 2.93. The van der Waals surface area contributed by atoms with E-state index in [0.29, 0.717) is 30.1 Å². The minimum Gasteiger partial charge on any atom is -0.340 e. The Morgan fingerprint density at radius 3 is 2.46 bits per heavy atom. The van der Waals surface area contributed by atoms with Crippen LogP contribution >= 0.6 is 15.9 Å². The molecule has 0 radical (unpaired) electrons. The van der Waals surface area contributed by atoms with E-state index in [1.807, 2.05) is 43.3 Å². The minimum atomic E-state index is -0.509. The van der Waals surface area contributed by atoms with Crippen LogP contribution < -0.4 is 10.2 Å². The van der Waals surface area contributed by atoms with Gasteiger partial charge in [0.05, 0.1) is 17.8 Å². The van der Waals surface area contributed by atoms with Crippen molar-refractivity contribution >= 4 is 33.4 Å². The average Bonchev–Trinajstić information content (AvgIpc) is 2.68. The molecular formula is C21H23BrN2O2. The second-order valence-electron chi connectivity index (χ2n) is 7.18. The highest BCUT2D eigenvalue weighted by atomic mass is 79.9. The van der Waals surface area contributed by atoms with Gasteiger partial charge >= 0.3 is 0 Å². The third-order valence-corrected chi connectivity index (χ3v) is 5.11. The number of para-hydroxylation sites is 1.